The fourth-order valence-electron chi connectivity index (χ4n) is 2.51. The number of rotatable bonds is 5. The lowest BCUT2D eigenvalue weighted by Gasteiger charge is -2.33. The fourth-order valence-corrected chi connectivity index (χ4v) is 3.45. The maximum absolute atomic E-state index is 12.3. The van der Waals surface area contributed by atoms with Crippen LogP contribution in [0.4, 0.5) is 0 Å². The van der Waals surface area contributed by atoms with E-state index in [0.29, 0.717) is 6.54 Å². The van der Waals surface area contributed by atoms with Crippen LogP contribution in [0.3, 0.4) is 0 Å². The van der Waals surface area contributed by atoms with Crippen molar-refractivity contribution in [3.8, 4) is 0 Å². The third-order valence-corrected chi connectivity index (χ3v) is 4.56. The third kappa shape index (κ3) is 3.86. The molecule has 1 aromatic heterocycles. The molecule has 2 heterocycles. The van der Waals surface area contributed by atoms with Gasteiger partial charge in [0.05, 0.1) is 13.2 Å². The van der Waals surface area contributed by atoms with Crippen molar-refractivity contribution < 1.29 is 9.90 Å². The molecule has 1 saturated heterocycles. The molecule has 106 valence electrons. The Bertz CT molecular complexity index is 437. The van der Waals surface area contributed by atoms with Gasteiger partial charge >= 0.3 is 0 Å². The molecule has 1 aliphatic heterocycles. The molecule has 0 saturated carbocycles. The molecule has 0 aliphatic carbocycles. The number of thiophene rings is 1. The number of hydrogen-bond donors (Lipinski definition) is 1. The molecular formula is C14H22N2O2S. The van der Waals surface area contributed by atoms with E-state index in [-0.39, 0.29) is 12.4 Å². The molecule has 0 aromatic carbocycles. The van der Waals surface area contributed by atoms with Crippen LogP contribution in [-0.2, 0) is 0 Å². The lowest BCUT2D eigenvalue weighted by molar-refractivity contribution is 0.0822. The van der Waals surface area contributed by atoms with Gasteiger partial charge < -0.3 is 5.11 Å². The zero-order valence-electron chi connectivity index (χ0n) is 11.7. The predicted octanol–water partition coefficient (Wildman–Crippen LogP) is 1.16. The molecular weight excluding hydrogens is 260 g/mol. The van der Waals surface area contributed by atoms with Crippen molar-refractivity contribution in [3.05, 3.63) is 21.4 Å². The first-order valence-corrected chi connectivity index (χ1v) is 7.57. The summed E-state index contributed by atoms with van der Waals surface area (Å²) in [6.07, 6.45) is 0. The van der Waals surface area contributed by atoms with Crippen LogP contribution in [0.5, 0.6) is 0 Å². The number of aryl methyl sites for hydroxylation is 2. The van der Waals surface area contributed by atoms with Crippen molar-refractivity contribution in [2.24, 2.45) is 0 Å². The highest BCUT2D eigenvalue weighted by atomic mass is 32.1. The summed E-state index contributed by atoms with van der Waals surface area (Å²) >= 11 is 1.69. The normalized spacial score (nSPS) is 17.8. The van der Waals surface area contributed by atoms with Crippen LogP contribution in [0.1, 0.15) is 20.1 Å². The largest absolute Gasteiger partial charge is 0.395 e. The Morgan fingerprint density at radius 2 is 1.89 bits per heavy atom. The summed E-state index contributed by atoms with van der Waals surface area (Å²) in [6.45, 7) is 9.24. The summed E-state index contributed by atoms with van der Waals surface area (Å²) in [4.78, 5) is 19.0. The summed E-state index contributed by atoms with van der Waals surface area (Å²) < 4.78 is 0. The van der Waals surface area contributed by atoms with Crippen molar-refractivity contribution in [3.63, 3.8) is 0 Å². The van der Waals surface area contributed by atoms with Crippen LogP contribution in [0.2, 0.25) is 0 Å². The molecule has 0 radical (unpaired) electrons. The first kappa shape index (κ1) is 14.7. The van der Waals surface area contributed by atoms with E-state index in [9.17, 15) is 4.79 Å². The smallest absolute Gasteiger partial charge is 0.177 e. The highest BCUT2D eigenvalue weighted by molar-refractivity contribution is 7.12. The van der Waals surface area contributed by atoms with Crippen molar-refractivity contribution in [2.45, 2.75) is 13.8 Å². The molecule has 0 spiro atoms. The molecule has 1 aliphatic rings. The second-order valence-corrected chi connectivity index (χ2v) is 6.55. The summed E-state index contributed by atoms with van der Waals surface area (Å²) in [5.41, 5.74) is 0.889. The minimum Gasteiger partial charge on any atom is -0.395 e. The van der Waals surface area contributed by atoms with Gasteiger partial charge in [0, 0.05) is 48.0 Å². The summed E-state index contributed by atoms with van der Waals surface area (Å²) in [5.74, 6) is 0.234. The van der Waals surface area contributed by atoms with Crippen molar-refractivity contribution in [2.75, 3.05) is 45.9 Å². The predicted molar refractivity (Wildman–Crippen MR) is 78.1 cm³/mol. The number of carbonyl (C=O) groups is 1. The van der Waals surface area contributed by atoms with Gasteiger partial charge in [-0.05, 0) is 19.9 Å². The number of Topliss-reactive ketones (excluding diaryl/α,β-unsaturated/α-hetero) is 1. The number of hydrogen-bond acceptors (Lipinski definition) is 5. The maximum Gasteiger partial charge on any atom is 0.177 e. The molecule has 5 heteroatoms. The van der Waals surface area contributed by atoms with Gasteiger partial charge in [-0.15, -0.1) is 11.3 Å². The van der Waals surface area contributed by atoms with E-state index >= 15 is 0 Å². The summed E-state index contributed by atoms with van der Waals surface area (Å²) in [5, 5.41) is 8.90. The Hall–Kier alpha value is -0.750. The van der Waals surface area contributed by atoms with Crippen molar-refractivity contribution in [1.29, 1.82) is 0 Å². The lowest BCUT2D eigenvalue weighted by atomic mass is 10.1. The first-order chi connectivity index (χ1) is 9.10. The Balaban J connectivity index is 1.85. The number of β-amino-alcohol motifs (C(OH)–C–C–N with tert-alkyl or cyclic N) is 1. The average Bonchev–Trinajstić information content (AvgIpc) is 2.71. The van der Waals surface area contributed by atoms with Gasteiger partial charge in [-0.2, -0.15) is 0 Å². The monoisotopic (exact) mass is 282 g/mol. The van der Waals surface area contributed by atoms with E-state index in [1.807, 2.05) is 19.9 Å². The Kier molecular flexibility index (Phi) is 5.10. The molecule has 19 heavy (non-hydrogen) atoms. The van der Waals surface area contributed by atoms with Gasteiger partial charge in [-0.25, -0.2) is 0 Å². The van der Waals surface area contributed by atoms with Crippen LogP contribution in [0, 0.1) is 13.8 Å². The van der Waals surface area contributed by atoms with E-state index in [1.54, 1.807) is 11.3 Å². The van der Waals surface area contributed by atoms with E-state index in [1.165, 1.54) is 4.88 Å². The minimum absolute atomic E-state index is 0.215. The van der Waals surface area contributed by atoms with Crippen molar-refractivity contribution in [1.82, 2.24) is 9.80 Å². The summed E-state index contributed by atoms with van der Waals surface area (Å²) in [7, 11) is 0. The molecule has 2 rings (SSSR count). The molecule has 0 bridgehead atoms. The number of piperazine rings is 1. The number of aliphatic hydroxyl groups is 1. The Morgan fingerprint density at radius 3 is 2.42 bits per heavy atom. The Morgan fingerprint density at radius 1 is 1.26 bits per heavy atom. The molecule has 1 aromatic rings. The highest BCUT2D eigenvalue weighted by Gasteiger charge is 2.20. The molecule has 1 N–H and O–H groups in total. The van der Waals surface area contributed by atoms with Crippen LogP contribution in [0.25, 0.3) is 0 Å². The van der Waals surface area contributed by atoms with Crippen molar-refractivity contribution >= 4 is 17.1 Å². The first-order valence-electron chi connectivity index (χ1n) is 6.76. The lowest BCUT2D eigenvalue weighted by Crippen LogP contribution is -2.48. The van der Waals surface area contributed by atoms with Crippen LogP contribution >= 0.6 is 11.3 Å². The van der Waals surface area contributed by atoms with E-state index < -0.39 is 0 Å². The van der Waals surface area contributed by atoms with Crippen LogP contribution < -0.4 is 0 Å². The van der Waals surface area contributed by atoms with E-state index in [4.69, 9.17) is 5.11 Å². The number of nitrogens with zero attached hydrogens (tertiary/aromatic N) is 2. The number of carbonyl (C=O) groups excluding carboxylic acids is 1. The number of ketones is 1. The van der Waals surface area contributed by atoms with Crippen LogP contribution in [-0.4, -0.2) is 66.6 Å². The molecule has 0 amide bonds. The van der Waals surface area contributed by atoms with Gasteiger partial charge in [0.2, 0.25) is 0 Å². The second-order valence-electron chi connectivity index (χ2n) is 5.09. The maximum atomic E-state index is 12.3. The molecule has 4 nitrogen and oxygen atoms in total. The average molecular weight is 282 g/mol. The van der Waals surface area contributed by atoms with Crippen LogP contribution in [0.15, 0.2) is 6.07 Å². The topological polar surface area (TPSA) is 43.8 Å². The van der Waals surface area contributed by atoms with Gasteiger partial charge in [0.15, 0.2) is 5.78 Å². The highest BCUT2D eigenvalue weighted by Crippen LogP contribution is 2.21. The van der Waals surface area contributed by atoms with Gasteiger partial charge in [-0.3, -0.25) is 14.6 Å². The summed E-state index contributed by atoms with van der Waals surface area (Å²) in [6, 6.07) is 2.00. The van der Waals surface area contributed by atoms with E-state index in [2.05, 4.69) is 9.80 Å². The van der Waals surface area contributed by atoms with Gasteiger partial charge in [0.1, 0.15) is 0 Å². The fraction of sp³-hybridized carbons (Fsp3) is 0.643. The molecule has 0 atom stereocenters. The standard InChI is InChI=1S/C14H22N2O2S/c1-11-9-13(12(2)19-11)14(18)10-16-5-3-15(4-6-16)7-8-17/h9,17H,3-8,10H2,1-2H3. The minimum atomic E-state index is 0.215. The SMILES string of the molecule is Cc1cc(C(=O)CN2CCN(CCO)CC2)c(C)s1. The quantitative estimate of drug-likeness (QED) is 0.823. The molecule has 0 unspecified atom stereocenters. The molecule has 1 fully saturated rings. The second kappa shape index (κ2) is 6.61. The zero-order chi connectivity index (χ0) is 13.8. The van der Waals surface area contributed by atoms with E-state index in [0.717, 1.165) is 43.2 Å². The Labute approximate surface area is 118 Å². The third-order valence-electron chi connectivity index (χ3n) is 3.59. The number of aliphatic hydroxyl groups excluding tert-OH is 1. The zero-order valence-corrected chi connectivity index (χ0v) is 12.5. The van der Waals surface area contributed by atoms with Gasteiger partial charge in [-0.1, -0.05) is 0 Å². The van der Waals surface area contributed by atoms with Gasteiger partial charge in [0.25, 0.3) is 0 Å².